The van der Waals surface area contributed by atoms with Crippen LogP contribution in [0.4, 0.5) is 0 Å². The molecular weight excluding hydrogens is 414 g/mol. The first-order valence-electron chi connectivity index (χ1n) is 9.47. The highest BCUT2D eigenvalue weighted by Crippen LogP contribution is 2.33. The molecule has 8 heteroatoms. The van der Waals surface area contributed by atoms with Crippen LogP contribution in [0.3, 0.4) is 0 Å². The van der Waals surface area contributed by atoms with E-state index in [4.69, 9.17) is 9.47 Å². The lowest BCUT2D eigenvalue weighted by Gasteiger charge is -2.13. The summed E-state index contributed by atoms with van der Waals surface area (Å²) in [4.78, 5) is 29.5. The molecule has 0 aliphatic heterocycles. The van der Waals surface area contributed by atoms with Gasteiger partial charge in [-0.1, -0.05) is 24.3 Å². The van der Waals surface area contributed by atoms with Gasteiger partial charge in [0, 0.05) is 16.7 Å². The Morgan fingerprint density at radius 2 is 1.84 bits per heavy atom. The van der Waals surface area contributed by atoms with Gasteiger partial charge in [0.2, 0.25) is 5.91 Å². The van der Waals surface area contributed by atoms with E-state index in [0.29, 0.717) is 39.4 Å². The first kappa shape index (κ1) is 22.2. The number of benzene rings is 2. The molecule has 1 aromatic heterocycles. The van der Waals surface area contributed by atoms with Crippen molar-refractivity contribution in [2.24, 2.45) is 0 Å². The van der Waals surface area contributed by atoms with E-state index in [9.17, 15) is 9.59 Å². The third kappa shape index (κ3) is 5.35. The number of fused-ring (bicyclic) bond motifs is 1. The van der Waals surface area contributed by atoms with Gasteiger partial charge in [-0.2, -0.15) is 0 Å². The van der Waals surface area contributed by atoms with Crippen LogP contribution in [-0.4, -0.2) is 42.5 Å². The number of nitrogens with zero attached hydrogens (tertiary/aromatic N) is 1. The van der Waals surface area contributed by atoms with Gasteiger partial charge < -0.3 is 9.47 Å². The van der Waals surface area contributed by atoms with E-state index >= 15 is 0 Å². The number of hydrogen-bond acceptors (Lipinski definition) is 6. The molecule has 2 N–H and O–H groups in total. The molecule has 7 nitrogen and oxygen atoms in total. The molecule has 0 aliphatic rings. The second kappa shape index (κ2) is 10.5. The quantitative estimate of drug-likeness (QED) is 0.318. The SMILES string of the molecule is C=CCSCC(=O)NNC(=O)c1cc(-c2ccc(OC)c(OC)c2)nc2ccccc12. The Balaban J connectivity index is 1.92. The number of aromatic nitrogens is 1. The second-order valence-electron chi connectivity index (χ2n) is 6.45. The largest absolute Gasteiger partial charge is 0.493 e. The average Bonchev–Trinajstić information content (AvgIpc) is 2.81. The van der Waals surface area contributed by atoms with Gasteiger partial charge in [0.05, 0.1) is 36.7 Å². The molecule has 1 heterocycles. The zero-order chi connectivity index (χ0) is 22.2. The van der Waals surface area contributed by atoms with Crippen molar-refractivity contribution in [1.82, 2.24) is 15.8 Å². The molecular formula is C23H23N3O4S. The molecule has 0 radical (unpaired) electrons. The van der Waals surface area contributed by atoms with Crippen molar-refractivity contribution in [2.75, 3.05) is 25.7 Å². The Labute approximate surface area is 184 Å². The Kier molecular flexibility index (Phi) is 7.50. The van der Waals surface area contributed by atoms with Crippen molar-refractivity contribution >= 4 is 34.5 Å². The molecule has 0 aliphatic carbocycles. The second-order valence-corrected chi connectivity index (χ2v) is 7.48. The van der Waals surface area contributed by atoms with Crippen LogP contribution in [0.1, 0.15) is 10.4 Å². The first-order valence-corrected chi connectivity index (χ1v) is 10.6. The Hall–Kier alpha value is -3.52. The van der Waals surface area contributed by atoms with Crippen LogP contribution < -0.4 is 20.3 Å². The number of para-hydroxylation sites is 1. The minimum atomic E-state index is -0.428. The highest BCUT2D eigenvalue weighted by molar-refractivity contribution is 8.00. The summed E-state index contributed by atoms with van der Waals surface area (Å²) < 4.78 is 10.7. The van der Waals surface area contributed by atoms with Crippen LogP contribution >= 0.6 is 11.8 Å². The minimum Gasteiger partial charge on any atom is -0.493 e. The number of carbonyl (C=O) groups excluding carboxylic acids is 2. The number of thioether (sulfide) groups is 1. The molecule has 31 heavy (non-hydrogen) atoms. The summed E-state index contributed by atoms with van der Waals surface area (Å²) in [7, 11) is 3.13. The first-order chi connectivity index (χ1) is 15.1. The number of methoxy groups -OCH3 is 2. The summed E-state index contributed by atoms with van der Waals surface area (Å²) in [6, 6.07) is 14.5. The van der Waals surface area contributed by atoms with E-state index in [-0.39, 0.29) is 11.7 Å². The molecule has 0 saturated carbocycles. The van der Waals surface area contributed by atoms with Crippen LogP contribution in [-0.2, 0) is 4.79 Å². The summed E-state index contributed by atoms with van der Waals surface area (Å²) in [5.41, 5.74) is 7.35. The molecule has 2 amide bonds. The summed E-state index contributed by atoms with van der Waals surface area (Å²) >= 11 is 1.40. The van der Waals surface area contributed by atoms with E-state index < -0.39 is 5.91 Å². The summed E-state index contributed by atoms with van der Waals surface area (Å²) in [5.74, 6) is 1.32. The van der Waals surface area contributed by atoms with E-state index in [1.54, 1.807) is 38.5 Å². The lowest BCUT2D eigenvalue weighted by atomic mass is 10.0. The number of amides is 2. The fourth-order valence-electron chi connectivity index (χ4n) is 2.97. The topological polar surface area (TPSA) is 89.6 Å². The van der Waals surface area contributed by atoms with Gasteiger partial charge in [0.15, 0.2) is 11.5 Å². The van der Waals surface area contributed by atoms with E-state index in [0.717, 1.165) is 5.56 Å². The molecule has 0 atom stereocenters. The lowest BCUT2D eigenvalue weighted by molar-refractivity contribution is -0.119. The van der Waals surface area contributed by atoms with E-state index in [1.807, 2.05) is 30.3 Å². The van der Waals surface area contributed by atoms with Gasteiger partial charge in [0.25, 0.3) is 5.91 Å². The average molecular weight is 438 g/mol. The van der Waals surface area contributed by atoms with Gasteiger partial charge in [-0.3, -0.25) is 20.4 Å². The Bertz CT molecular complexity index is 1120. The zero-order valence-corrected chi connectivity index (χ0v) is 18.1. The van der Waals surface area contributed by atoms with Crippen LogP contribution in [0.15, 0.2) is 61.2 Å². The lowest BCUT2D eigenvalue weighted by Crippen LogP contribution is -2.42. The van der Waals surface area contributed by atoms with Crippen molar-refractivity contribution in [2.45, 2.75) is 0 Å². The van der Waals surface area contributed by atoms with Gasteiger partial charge in [-0.15, -0.1) is 18.3 Å². The predicted octanol–water partition coefficient (Wildman–Crippen LogP) is 3.60. The van der Waals surface area contributed by atoms with Crippen molar-refractivity contribution in [3.63, 3.8) is 0 Å². The van der Waals surface area contributed by atoms with Gasteiger partial charge in [0.1, 0.15) is 0 Å². The Morgan fingerprint density at radius 3 is 2.58 bits per heavy atom. The summed E-state index contributed by atoms with van der Waals surface area (Å²) in [5, 5.41) is 0.680. The number of pyridine rings is 1. The van der Waals surface area contributed by atoms with Crippen LogP contribution in [0.2, 0.25) is 0 Å². The van der Waals surface area contributed by atoms with Crippen LogP contribution in [0, 0.1) is 0 Å². The third-order valence-corrected chi connectivity index (χ3v) is 5.36. The molecule has 0 spiro atoms. The number of nitrogens with one attached hydrogen (secondary N) is 2. The van der Waals surface area contributed by atoms with Gasteiger partial charge in [-0.05, 0) is 30.3 Å². The summed E-state index contributed by atoms with van der Waals surface area (Å²) in [6.45, 7) is 3.61. The van der Waals surface area contributed by atoms with Gasteiger partial charge in [-0.25, -0.2) is 4.98 Å². The van der Waals surface area contributed by atoms with Crippen LogP contribution in [0.5, 0.6) is 11.5 Å². The van der Waals surface area contributed by atoms with Crippen molar-refractivity contribution in [3.8, 4) is 22.8 Å². The monoisotopic (exact) mass is 437 g/mol. The molecule has 3 aromatic rings. The number of hydrogen-bond donors (Lipinski definition) is 2. The molecule has 3 rings (SSSR count). The molecule has 0 unspecified atom stereocenters. The molecule has 160 valence electrons. The third-order valence-electron chi connectivity index (χ3n) is 4.42. The fraction of sp³-hybridized carbons (Fsp3) is 0.174. The van der Waals surface area contributed by atoms with Gasteiger partial charge >= 0.3 is 0 Å². The maximum absolute atomic E-state index is 12.9. The Morgan fingerprint density at radius 1 is 1.06 bits per heavy atom. The number of rotatable bonds is 8. The minimum absolute atomic E-state index is 0.223. The highest BCUT2D eigenvalue weighted by atomic mass is 32.2. The van der Waals surface area contributed by atoms with E-state index in [2.05, 4.69) is 22.4 Å². The number of hydrazine groups is 1. The van der Waals surface area contributed by atoms with Crippen molar-refractivity contribution in [1.29, 1.82) is 0 Å². The van der Waals surface area contributed by atoms with Crippen molar-refractivity contribution < 1.29 is 19.1 Å². The number of ether oxygens (including phenoxy) is 2. The highest BCUT2D eigenvalue weighted by Gasteiger charge is 2.16. The maximum atomic E-state index is 12.9. The predicted molar refractivity (Wildman–Crippen MR) is 123 cm³/mol. The molecule has 0 fully saturated rings. The molecule has 0 bridgehead atoms. The maximum Gasteiger partial charge on any atom is 0.270 e. The fourth-order valence-corrected chi connectivity index (χ4v) is 3.51. The van der Waals surface area contributed by atoms with Crippen molar-refractivity contribution in [3.05, 3.63) is 66.7 Å². The van der Waals surface area contributed by atoms with Crippen LogP contribution in [0.25, 0.3) is 22.2 Å². The zero-order valence-electron chi connectivity index (χ0n) is 17.3. The summed E-state index contributed by atoms with van der Waals surface area (Å²) in [6.07, 6.45) is 1.72. The smallest absolute Gasteiger partial charge is 0.270 e. The normalized spacial score (nSPS) is 10.4. The molecule has 2 aromatic carbocycles. The van der Waals surface area contributed by atoms with E-state index in [1.165, 1.54) is 11.8 Å². The molecule has 0 saturated heterocycles. The number of carbonyl (C=O) groups is 2. The standard InChI is InChI=1S/C23H23N3O4S/c1-4-11-31-14-22(27)25-26-23(28)17-13-19(24-18-8-6-5-7-16(17)18)15-9-10-20(29-2)21(12-15)30-3/h4-10,12-13H,1,11,14H2,2-3H3,(H,25,27)(H,26,28).